The Hall–Kier alpha value is -1.61. The minimum absolute atomic E-state index is 0.0184. The van der Waals surface area contributed by atoms with E-state index in [1.807, 2.05) is 0 Å². The molecule has 1 N–H and O–H groups in total. The summed E-state index contributed by atoms with van der Waals surface area (Å²) in [5, 5.41) is 8.44. The van der Waals surface area contributed by atoms with Crippen LogP contribution in [-0.2, 0) is 14.8 Å². The van der Waals surface area contributed by atoms with Crippen molar-refractivity contribution in [3.05, 3.63) is 29.6 Å². The third kappa shape index (κ3) is 3.70. The fourth-order valence-corrected chi connectivity index (χ4v) is 2.80. The standard InChI is InChI=1S/C11H12F3NO4S/c1-15(4-2-3-10(16)17)20(18,19)11-8(13)5-7(12)6-9(11)14/h5-6H,2-4H2,1H3,(H,16,17). The zero-order chi connectivity index (χ0) is 15.5. The molecule has 5 nitrogen and oxygen atoms in total. The molecule has 0 saturated heterocycles. The summed E-state index contributed by atoms with van der Waals surface area (Å²) in [7, 11) is -3.44. The number of rotatable bonds is 6. The Bertz CT molecular complexity index is 595. The normalized spacial score (nSPS) is 11.8. The fourth-order valence-electron chi connectivity index (χ4n) is 1.50. The van der Waals surface area contributed by atoms with Crippen molar-refractivity contribution < 1.29 is 31.5 Å². The molecule has 0 atom stereocenters. The first kappa shape index (κ1) is 16.4. The van der Waals surface area contributed by atoms with Crippen LogP contribution in [0.15, 0.2) is 17.0 Å². The number of hydrogen-bond donors (Lipinski definition) is 1. The molecule has 1 rings (SSSR count). The van der Waals surface area contributed by atoms with E-state index in [-0.39, 0.29) is 31.5 Å². The molecule has 0 fully saturated rings. The summed E-state index contributed by atoms with van der Waals surface area (Å²) < 4.78 is 64.1. The molecule has 0 unspecified atom stereocenters. The number of carboxylic acids is 1. The number of nitrogens with zero attached hydrogens (tertiary/aromatic N) is 1. The summed E-state index contributed by atoms with van der Waals surface area (Å²) >= 11 is 0. The van der Waals surface area contributed by atoms with Gasteiger partial charge in [0.25, 0.3) is 0 Å². The minimum atomic E-state index is -4.49. The number of carboxylic acid groups (broad SMARTS) is 1. The van der Waals surface area contributed by atoms with Crippen LogP contribution in [0.2, 0.25) is 0 Å². The summed E-state index contributed by atoms with van der Waals surface area (Å²) in [5.41, 5.74) is 0. The second-order valence-electron chi connectivity index (χ2n) is 4.02. The summed E-state index contributed by atoms with van der Waals surface area (Å²) in [5.74, 6) is -5.41. The lowest BCUT2D eigenvalue weighted by molar-refractivity contribution is -0.137. The van der Waals surface area contributed by atoms with E-state index in [4.69, 9.17) is 5.11 Å². The van der Waals surface area contributed by atoms with Gasteiger partial charge in [-0.05, 0) is 6.42 Å². The monoisotopic (exact) mass is 311 g/mol. The maximum absolute atomic E-state index is 13.4. The molecule has 0 aromatic heterocycles. The lowest BCUT2D eigenvalue weighted by Gasteiger charge is -2.17. The largest absolute Gasteiger partial charge is 0.481 e. The molecule has 1 aromatic carbocycles. The number of aliphatic carboxylic acids is 1. The van der Waals surface area contributed by atoms with Gasteiger partial charge < -0.3 is 5.11 Å². The highest BCUT2D eigenvalue weighted by atomic mass is 32.2. The number of carbonyl (C=O) groups is 1. The molecular formula is C11H12F3NO4S. The quantitative estimate of drug-likeness (QED) is 0.866. The van der Waals surface area contributed by atoms with E-state index in [0.717, 1.165) is 7.05 Å². The first-order valence-corrected chi connectivity index (χ1v) is 6.93. The lowest BCUT2D eigenvalue weighted by Crippen LogP contribution is -2.30. The summed E-state index contributed by atoms with van der Waals surface area (Å²) in [6, 6.07) is 0.530. The number of hydrogen-bond acceptors (Lipinski definition) is 3. The van der Waals surface area contributed by atoms with Crippen LogP contribution >= 0.6 is 0 Å². The Labute approximate surface area is 113 Å². The van der Waals surface area contributed by atoms with Gasteiger partial charge in [-0.15, -0.1) is 0 Å². The average molecular weight is 311 g/mol. The van der Waals surface area contributed by atoms with Crippen LogP contribution in [0.4, 0.5) is 13.2 Å². The van der Waals surface area contributed by atoms with E-state index in [9.17, 15) is 26.4 Å². The van der Waals surface area contributed by atoms with Crippen LogP contribution in [0, 0.1) is 17.5 Å². The molecule has 20 heavy (non-hydrogen) atoms. The summed E-state index contributed by atoms with van der Waals surface area (Å²) in [4.78, 5) is 9.06. The third-order valence-corrected chi connectivity index (χ3v) is 4.40. The molecule has 112 valence electrons. The highest BCUT2D eigenvalue weighted by molar-refractivity contribution is 7.89. The first-order chi connectivity index (χ1) is 9.16. The molecule has 0 aliphatic heterocycles. The predicted octanol–water partition coefficient (Wildman–Crippen LogP) is 1.59. The van der Waals surface area contributed by atoms with Gasteiger partial charge in [0, 0.05) is 32.1 Å². The number of benzene rings is 1. The van der Waals surface area contributed by atoms with Crippen molar-refractivity contribution in [2.24, 2.45) is 0 Å². The van der Waals surface area contributed by atoms with Crippen LogP contribution in [-0.4, -0.2) is 37.4 Å². The molecule has 0 amide bonds. The Morgan fingerprint density at radius 2 is 1.75 bits per heavy atom. The second kappa shape index (κ2) is 6.23. The fraction of sp³-hybridized carbons (Fsp3) is 0.364. The number of sulfonamides is 1. The molecule has 1 aromatic rings. The highest BCUT2D eigenvalue weighted by Crippen LogP contribution is 2.23. The van der Waals surface area contributed by atoms with E-state index in [0.29, 0.717) is 4.31 Å². The molecule has 0 radical (unpaired) electrons. The summed E-state index contributed by atoms with van der Waals surface area (Å²) in [6.45, 7) is -0.231. The molecule has 9 heteroatoms. The Morgan fingerprint density at radius 3 is 2.20 bits per heavy atom. The van der Waals surface area contributed by atoms with E-state index in [1.54, 1.807) is 0 Å². The van der Waals surface area contributed by atoms with Crippen LogP contribution in [0.3, 0.4) is 0 Å². The zero-order valence-corrected chi connectivity index (χ0v) is 11.3. The molecule has 0 bridgehead atoms. The van der Waals surface area contributed by atoms with E-state index in [1.165, 1.54) is 0 Å². The third-order valence-electron chi connectivity index (χ3n) is 2.49. The summed E-state index contributed by atoms with van der Waals surface area (Å²) in [6.07, 6.45) is -0.302. The first-order valence-electron chi connectivity index (χ1n) is 5.49. The van der Waals surface area contributed by atoms with Gasteiger partial charge in [-0.25, -0.2) is 25.9 Å². The van der Waals surface area contributed by atoms with Crippen molar-refractivity contribution in [1.29, 1.82) is 0 Å². The second-order valence-corrected chi connectivity index (χ2v) is 6.00. The highest BCUT2D eigenvalue weighted by Gasteiger charge is 2.29. The van der Waals surface area contributed by atoms with Crippen LogP contribution in [0.1, 0.15) is 12.8 Å². The zero-order valence-electron chi connectivity index (χ0n) is 10.4. The maximum Gasteiger partial charge on any atom is 0.303 e. The van der Waals surface area contributed by atoms with Gasteiger partial charge in [0.2, 0.25) is 10.0 Å². The molecular weight excluding hydrogens is 299 g/mol. The van der Waals surface area contributed by atoms with Crippen molar-refractivity contribution in [3.63, 3.8) is 0 Å². The van der Waals surface area contributed by atoms with Crippen LogP contribution in [0.25, 0.3) is 0 Å². The number of halogens is 3. The Balaban J connectivity index is 3.02. The molecule has 0 spiro atoms. The van der Waals surface area contributed by atoms with Gasteiger partial charge in [-0.1, -0.05) is 0 Å². The Morgan fingerprint density at radius 1 is 1.25 bits per heavy atom. The molecule has 0 heterocycles. The maximum atomic E-state index is 13.4. The van der Waals surface area contributed by atoms with Gasteiger partial charge in [0.15, 0.2) is 4.90 Å². The van der Waals surface area contributed by atoms with Gasteiger partial charge in [-0.2, -0.15) is 0 Å². The molecule has 0 aliphatic rings. The van der Waals surface area contributed by atoms with Crippen LogP contribution in [0.5, 0.6) is 0 Å². The average Bonchev–Trinajstić information content (AvgIpc) is 2.26. The van der Waals surface area contributed by atoms with Gasteiger partial charge >= 0.3 is 5.97 Å². The molecule has 0 aliphatic carbocycles. The van der Waals surface area contributed by atoms with Crippen molar-refractivity contribution in [2.45, 2.75) is 17.7 Å². The van der Waals surface area contributed by atoms with E-state index < -0.39 is 38.3 Å². The van der Waals surface area contributed by atoms with Crippen molar-refractivity contribution in [1.82, 2.24) is 4.31 Å². The molecule has 0 saturated carbocycles. The smallest absolute Gasteiger partial charge is 0.303 e. The Kier molecular flexibility index (Phi) is 5.12. The predicted molar refractivity (Wildman–Crippen MR) is 63.0 cm³/mol. The minimum Gasteiger partial charge on any atom is -0.481 e. The van der Waals surface area contributed by atoms with Gasteiger partial charge in [0.05, 0.1) is 0 Å². The van der Waals surface area contributed by atoms with Crippen molar-refractivity contribution in [3.8, 4) is 0 Å². The van der Waals surface area contributed by atoms with Gasteiger partial charge in [-0.3, -0.25) is 4.79 Å². The van der Waals surface area contributed by atoms with Crippen molar-refractivity contribution in [2.75, 3.05) is 13.6 Å². The lowest BCUT2D eigenvalue weighted by atomic mass is 10.3. The SMILES string of the molecule is CN(CCCC(=O)O)S(=O)(=O)c1c(F)cc(F)cc1F. The topological polar surface area (TPSA) is 74.7 Å². The van der Waals surface area contributed by atoms with E-state index >= 15 is 0 Å². The van der Waals surface area contributed by atoms with Gasteiger partial charge in [0.1, 0.15) is 17.5 Å². The van der Waals surface area contributed by atoms with Crippen LogP contribution < -0.4 is 0 Å². The van der Waals surface area contributed by atoms with E-state index in [2.05, 4.69) is 0 Å². The van der Waals surface area contributed by atoms with Crippen molar-refractivity contribution >= 4 is 16.0 Å².